The van der Waals surface area contributed by atoms with Gasteiger partial charge in [0.05, 0.1) is 5.56 Å². The molecule has 132 valence electrons. The predicted octanol–water partition coefficient (Wildman–Crippen LogP) is 4.04. The fraction of sp³-hybridized carbons (Fsp3) is 0.600. The molecule has 1 fully saturated rings. The molecule has 0 spiro atoms. The highest BCUT2D eigenvalue weighted by Gasteiger charge is 2.34. The molecule has 0 saturated heterocycles. The van der Waals surface area contributed by atoms with Crippen LogP contribution in [0.15, 0.2) is 24.3 Å². The fourth-order valence-electron chi connectivity index (χ4n) is 4.01. The van der Waals surface area contributed by atoms with E-state index in [1.807, 2.05) is 6.07 Å². The molecule has 0 bridgehead atoms. The van der Waals surface area contributed by atoms with Gasteiger partial charge in [0.25, 0.3) is 0 Å². The van der Waals surface area contributed by atoms with Crippen LogP contribution in [0.4, 0.5) is 0 Å². The minimum Gasteiger partial charge on any atom is -0.478 e. The van der Waals surface area contributed by atoms with E-state index in [9.17, 15) is 14.7 Å². The van der Waals surface area contributed by atoms with E-state index in [0.717, 1.165) is 18.5 Å². The molecule has 0 unspecified atom stereocenters. The van der Waals surface area contributed by atoms with Gasteiger partial charge in [-0.25, -0.2) is 4.79 Å². The normalized spacial score (nSPS) is 16.3. The Morgan fingerprint density at radius 1 is 1.21 bits per heavy atom. The third-order valence-electron chi connectivity index (χ3n) is 5.04. The molecule has 0 radical (unpaired) electrons. The fourth-order valence-corrected chi connectivity index (χ4v) is 4.01. The first-order chi connectivity index (χ1) is 11.4. The van der Waals surface area contributed by atoms with Crippen LogP contribution in [0.5, 0.6) is 0 Å². The highest BCUT2D eigenvalue weighted by atomic mass is 16.4. The van der Waals surface area contributed by atoms with Gasteiger partial charge in [-0.15, -0.1) is 0 Å². The number of hydrogen-bond donors (Lipinski definition) is 2. The molecule has 0 atom stereocenters. The lowest BCUT2D eigenvalue weighted by atomic mass is 9.78. The van der Waals surface area contributed by atoms with Crippen LogP contribution in [0.25, 0.3) is 0 Å². The molecule has 1 amide bonds. The third-order valence-corrected chi connectivity index (χ3v) is 5.04. The zero-order chi connectivity index (χ0) is 17.6. The summed E-state index contributed by atoms with van der Waals surface area (Å²) >= 11 is 0. The minimum absolute atomic E-state index is 0.0187. The molecule has 1 aliphatic carbocycles. The van der Waals surface area contributed by atoms with E-state index in [0.29, 0.717) is 18.8 Å². The maximum absolute atomic E-state index is 12.2. The number of amides is 1. The lowest BCUT2D eigenvalue weighted by Crippen LogP contribution is -2.37. The average Bonchev–Trinajstić information content (AvgIpc) is 2.99. The van der Waals surface area contributed by atoms with Gasteiger partial charge in [0.2, 0.25) is 5.91 Å². The zero-order valence-corrected chi connectivity index (χ0v) is 14.8. The number of carboxylic acid groups (broad SMARTS) is 1. The first-order valence-electron chi connectivity index (χ1n) is 9.00. The van der Waals surface area contributed by atoms with Gasteiger partial charge in [0.1, 0.15) is 0 Å². The lowest BCUT2D eigenvalue weighted by molar-refractivity contribution is -0.121. The maximum atomic E-state index is 12.2. The van der Waals surface area contributed by atoms with Gasteiger partial charge >= 0.3 is 5.97 Å². The summed E-state index contributed by atoms with van der Waals surface area (Å²) in [6.07, 6.45) is 6.88. The maximum Gasteiger partial charge on any atom is 0.335 e. The van der Waals surface area contributed by atoms with Crippen LogP contribution in [0.1, 0.15) is 68.3 Å². The Labute approximate surface area is 144 Å². The first kappa shape index (κ1) is 18.5. The molecule has 1 aliphatic rings. The van der Waals surface area contributed by atoms with Crippen molar-refractivity contribution in [1.82, 2.24) is 5.32 Å². The molecule has 1 saturated carbocycles. The molecule has 1 aromatic carbocycles. The summed E-state index contributed by atoms with van der Waals surface area (Å²) in [7, 11) is 0. The summed E-state index contributed by atoms with van der Waals surface area (Å²) in [6.45, 7) is 5.24. The highest BCUT2D eigenvalue weighted by molar-refractivity contribution is 5.89. The van der Waals surface area contributed by atoms with Gasteiger partial charge in [-0.1, -0.05) is 44.9 Å². The van der Waals surface area contributed by atoms with Crippen LogP contribution in [0.2, 0.25) is 0 Å². The summed E-state index contributed by atoms with van der Waals surface area (Å²) < 4.78 is 0. The molecule has 4 nitrogen and oxygen atoms in total. The van der Waals surface area contributed by atoms with Crippen molar-refractivity contribution in [3.8, 4) is 0 Å². The number of carbonyl (C=O) groups is 2. The van der Waals surface area contributed by atoms with E-state index in [1.54, 1.807) is 18.2 Å². The van der Waals surface area contributed by atoms with Crippen molar-refractivity contribution in [3.63, 3.8) is 0 Å². The second-order valence-electron chi connectivity index (χ2n) is 7.54. The summed E-state index contributed by atoms with van der Waals surface area (Å²) in [6, 6.07) is 6.90. The lowest BCUT2D eigenvalue weighted by Gasteiger charge is -2.31. The second-order valence-corrected chi connectivity index (χ2v) is 7.54. The molecule has 0 aromatic heterocycles. The number of hydrogen-bond acceptors (Lipinski definition) is 2. The SMILES string of the molecule is CC(C)CC1(CNC(=O)CCc2ccccc2C(=O)O)CCCC1. The van der Waals surface area contributed by atoms with Crippen molar-refractivity contribution in [3.05, 3.63) is 35.4 Å². The first-order valence-corrected chi connectivity index (χ1v) is 9.00. The second kappa shape index (κ2) is 8.32. The summed E-state index contributed by atoms with van der Waals surface area (Å²) in [5.41, 5.74) is 1.28. The molecular weight excluding hydrogens is 302 g/mol. The van der Waals surface area contributed by atoms with Crippen molar-refractivity contribution in [2.75, 3.05) is 6.54 Å². The van der Waals surface area contributed by atoms with Gasteiger partial charge < -0.3 is 10.4 Å². The van der Waals surface area contributed by atoms with Crippen LogP contribution < -0.4 is 5.32 Å². The number of benzene rings is 1. The predicted molar refractivity (Wildman–Crippen MR) is 95.1 cm³/mol. The molecular formula is C20H29NO3. The molecule has 0 heterocycles. The Hall–Kier alpha value is -1.84. The number of aromatic carboxylic acids is 1. The molecule has 1 aromatic rings. The van der Waals surface area contributed by atoms with E-state index in [2.05, 4.69) is 19.2 Å². The van der Waals surface area contributed by atoms with Gasteiger partial charge in [0.15, 0.2) is 0 Å². The monoisotopic (exact) mass is 331 g/mol. The Morgan fingerprint density at radius 2 is 1.88 bits per heavy atom. The smallest absolute Gasteiger partial charge is 0.335 e. The van der Waals surface area contributed by atoms with Crippen LogP contribution in [-0.4, -0.2) is 23.5 Å². The van der Waals surface area contributed by atoms with Gasteiger partial charge in [-0.2, -0.15) is 0 Å². The number of nitrogens with one attached hydrogen (secondary N) is 1. The summed E-state index contributed by atoms with van der Waals surface area (Å²) in [5, 5.41) is 12.3. The van der Waals surface area contributed by atoms with Crippen LogP contribution in [0.3, 0.4) is 0 Å². The molecule has 2 N–H and O–H groups in total. The molecule has 2 rings (SSSR count). The van der Waals surface area contributed by atoms with E-state index >= 15 is 0 Å². The van der Waals surface area contributed by atoms with E-state index in [4.69, 9.17) is 0 Å². The zero-order valence-electron chi connectivity index (χ0n) is 14.8. The number of rotatable bonds is 8. The topological polar surface area (TPSA) is 66.4 Å². The van der Waals surface area contributed by atoms with Crippen molar-refractivity contribution in [1.29, 1.82) is 0 Å². The standard InChI is InChI=1S/C20H29NO3/c1-15(2)13-20(11-5-6-12-20)14-21-18(22)10-9-16-7-3-4-8-17(16)19(23)24/h3-4,7-8,15H,5-6,9-14H2,1-2H3,(H,21,22)(H,23,24). The van der Waals surface area contributed by atoms with Crippen molar-refractivity contribution in [2.45, 2.75) is 58.8 Å². The van der Waals surface area contributed by atoms with Crippen molar-refractivity contribution < 1.29 is 14.7 Å². The minimum atomic E-state index is -0.937. The van der Waals surface area contributed by atoms with Gasteiger partial charge in [0, 0.05) is 13.0 Å². The third kappa shape index (κ3) is 5.08. The van der Waals surface area contributed by atoms with Crippen LogP contribution in [-0.2, 0) is 11.2 Å². The van der Waals surface area contributed by atoms with Gasteiger partial charge in [-0.3, -0.25) is 4.79 Å². The van der Waals surface area contributed by atoms with E-state index < -0.39 is 5.97 Å². The Balaban J connectivity index is 1.86. The number of carbonyl (C=O) groups excluding carboxylic acids is 1. The average molecular weight is 331 g/mol. The molecule has 4 heteroatoms. The number of carboxylic acids is 1. The highest BCUT2D eigenvalue weighted by Crippen LogP contribution is 2.42. The van der Waals surface area contributed by atoms with Crippen molar-refractivity contribution in [2.24, 2.45) is 11.3 Å². The summed E-state index contributed by atoms with van der Waals surface area (Å²) in [5.74, 6) is -0.277. The van der Waals surface area contributed by atoms with Crippen LogP contribution in [0, 0.1) is 11.3 Å². The van der Waals surface area contributed by atoms with Crippen LogP contribution >= 0.6 is 0 Å². The Morgan fingerprint density at radius 3 is 2.50 bits per heavy atom. The quantitative estimate of drug-likeness (QED) is 0.755. The Kier molecular flexibility index (Phi) is 6.41. The summed E-state index contributed by atoms with van der Waals surface area (Å²) in [4.78, 5) is 23.4. The molecule has 24 heavy (non-hydrogen) atoms. The molecule has 0 aliphatic heterocycles. The van der Waals surface area contributed by atoms with Crippen molar-refractivity contribution >= 4 is 11.9 Å². The van der Waals surface area contributed by atoms with E-state index in [-0.39, 0.29) is 16.9 Å². The van der Waals surface area contributed by atoms with Gasteiger partial charge in [-0.05, 0) is 48.6 Å². The number of aryl methyl sites for hydroxylation is 1. The van der Waals surface area contributed by atoms with E-state index in [1.165, 1.54) is 25.7 Å². The Bertz CT molecular complexity index is 574. The largest absolute Gasteiger partial charge is 0.478 e.